The smallest absolute Gasteiger partial charge is 0.234 e. The SMILES string of the molecule is CC(C)C(NC(=O)CN1CCC(C)(CN)C1)c1ccc(F)cc1. The van der Waals surface area contributed by atoms with E-state index < -0.39 is 0 Å². The van der Waals surface area contributed by atoms with Crippen LogP contribution in [0.4, 0.5) is 4.39 Å². The molecule has 0 radical (unpaired) electrons. The van der Waals surface area contributed by atoms with Gasteiger partial charge in [-0.3, -0.25) is 9.69 Å². The Labute approximate surface area is 138 Å². The van der Waals surface area contributed by atoms with Gasteiger partial charge in [0.05, 0.1) is 12.6 Å². The summed E-state index contributed by atoms with van der Waals surface area (Å²) in [7, 11) is 0. The molecule has 128 valence electrons. The summed E-state index contributed by atoms with van der Waals surface area (Å²) in [6.45, 7) is 9.07. The van der Waals surface area contributed by atoms with E-state index in [4.69, 9.17) is 5.73 Å². The molecule has 0 aromatic heterocycles. The summed E-state index contributed by atoms with van der Waals surface area (Å²) in [5.74, 6) is -0.0210. The first-order valence-corrected chi connectivity index (χ1v) is 8.30. The van der Waals surface area contributed by atoms with Crippen molar-refractivity contribution < 1.29 is 9.18 Å². The van der Waals surface area contributed by atoms with Crippen molar-refractivity contribution >= 4 is 5.91 Å². The molecule has 2 rings (SSSR count). The minimum absolute atomic E-state index is 0.00861. The number of nitrogens with two attached hydrogens (primary N) is 1. The van der Waals surface area contributed by atoms with Crippen LogP contribution in [0.3, 0.4) is 0 Å². The van der Waals surface area contributed by atoms with Gasteiger partial charge in [0.1, 0.15) is 5.82 Å². The lowest BCUT2D eigenvalue weighted by Crippen LogP contribution is -2.40. The number of carbonyl (C=O) groups is 1. The molecule has 0 bridgehead atoms. The molecule has 1 aromatic carbocycles. The monoisotopic (exact) mass is 321 g/mol. The van der Waals surface area contributed by atoms with Crippen molar-refractivity contribution in [2.24, 2.45) is 17.1 Å². The molecule has 5 heteroatoms. The van der Waals surface area contributed by atoms with Crippen LogP contribution in [-0.4, -0.2) is 37.0 Å². The van der Waals surface area contributed by atoms with Crippen molar-refractivity contribution in [3.63, 3.8) is 0 Å². The highest BCUT2D eigenvalue weighted by Crippen LogP contribution is 2.28. The first-order valence-electron chi connectivity index (χ1n) is 8.30. The number of hydrogen-bond acceptors (Lipinski definition) is 3. The van der Waals surface area contributed by atoms with Crippen molar-refractivity contribution in [2.75, 3.05) is 26.2 Å². The predicted molar refractivity (Wildman–Crippen MR) is 90.3 cm³/mol. The minimum atomic E-state index is -0.263. The zero-order chi connectivity index (χ0) is 17.0. The molecule has 1 aliphatic rings. The van der Waals surface area contributed by atoms with Gasteiger partial charge in [0, 0.05) is 6.54 Å². The van der Waals surface area contributed by atoms with Gasteiger partial charge >= 0.3 is 0 Å². The van der Waals surface area contributed by atoms with Crippen LogP contribution >= 0.6 is 0 Å². The van der Waals surface area contributed by atoms with E-state index in [1.807, 2.05) is 0 Å². The number of halogens is 1. The zero-order valence-electron chi connectivity index (χ0n) is 14.3. The Bertz CT molecular complexity index is 532. The Balaban J connectivity index is 1.95. The van der Waals surface area contributed by atoms with Crippen LogP contribution in [-0.2, 0) is 4.79 Å². The fourth-order valence-electron chi connectivity index (χ4n) is 3.15. The average Bonchev–Trinajstić information content (AvgIpc) is 2.87. The molecule has 4 nitrogen and oxygen atoms in total. The molecule has 3 N–H and O–H groups in total. The van der Waals surface area contributed by atoms with Crippen LogP contribution in [0.1, 0.15) is 38.8 Å². The zero-order valence-corrected chi connectivity index (χ0v) is 14.3. The van der Waals surface area contributed by atoms with Crippen LogP contribution in [0, 0.1) is 17.2 Å². The van der Waals surface area contributed by atoms with E-state index >= 15 is 0 Å². The molecule has 2 atom stereocenters. The molecule has 1 aromatic rings. The summed E-state index contributed by atoms with van der Waals surface area (Å²) in [6, 6.07) is 6.24. The van der Waals surface area contributed by atoms with Crippen molar-refractivity contribution in [1.82, 2.24) is 10.2 Å². The minimum Gasteiger partial charge on any atom is -0.348 e. The maximum atomic E-state index is 13.1. The first-order chi connectivity index (χ1) is 10.8. The van der Waals surface area contributed by atoms with E-state index in [1.165, 1.54) is 12.1 Å². The van der Waals surface area contributed by atoms with E-state index in [1.54, 1.807) is 12.1 Å². The fraction of sp³-hybridized carbons (Fsp3) is 0.611. The highest BCUT2D eigenvalue weighted by molar-refractivity contribution is 5.78. The molecule has 23 heavy (non-hydrogen) atoms. The summed E-state index contributed by atoms with van der Waals surface area (Å²) in [5.41, 5.74) is 6.86. The number of likely N-dealkylation sites (tertiary alicyclic amines) is 1. The summed E-state index contributed by atoms with van der Waals surface area (Å²) >= 11 is 0. The van der Waals surface area contributed by atoms with Gasteiger partial charge in [0.25, 0.3) is 0 Å². The maximum absolute atomic E-state index is 13.1. The molecule has 1 aliphatic heterocycles. The number of benzene rings is 1. The second-order valence-corrected chi connectivity index (χ2v) is 7.32. The van der Waals surface area contributed by atoms with Crippen LogP contribution in [0.15, 0.2) is 24.3 Å². The van der Waals surface area contributed by atoms with E-state index in [0.717, 1.165) is 25.1 Å². The normalized spacial score (nSPS) is 23.2. The number of nitrogens with one attached hydrogen (secondary N) is 1. The van der Waals surface area contributed by atoms with Crippen molar-refractivity contribution in [3.8, 4) is 0 Å². The molecule has 2 unspecified atom stereocenters. The third-order valence-corrected chi connectivity index (χ3v) is 4.71. The summed E-state index contributed by atoms with van der Waals surface area (Å²) < 4.78 is 13.1. The van der Waals surface area contributed by atoms with Gasteiger partial charge < -0.3 is 11.1 Å². The Morgan fingerprint density at radius 1 is 1.39 bits per heavy atom. The number of rotatable bonds is 6. The van der Waals surface area contributed by atoms with Gasteiger partial charge in [-0.2, -0.15) is 0 Å². The first kappa shape index (κ1) is 17.9. The molecule has 1 heterocycles. The van der Waals surface area contributed by atoms with Gasteiger partial charge in [-0.1, -0.05) is 32.9 Å². The van der Waals surface area contributed by atoms with E-state index in [9.17, 15) is 9.18 Å². The number of amides is 1. The lowest BCUT2D eigenvalue weighted by molar-refractivity contribution is -0.123. The Morgan fingerprint density at radius 3 is 2.57 bits per heavy atom. The van der Waals surface area contributed by atoms with Crippen molar-refractivity contribution in [1.29, 1.82) is 0 Å². The quantitative estimate of drug-likeness (QED) is 0.845. The summed E-state index contributed by atoms with van der Waals surface area (Å²) in [5, 5.41) is 3.09. The Kier molecular flexibility index (Phi) is 5.76. The molecular formula is C18H28FN3O. The number of nitrogens with zero attached hydrogens (tertiary/aromatic N) is 1. The predicted octanol–water partition coefficient (Wildman–Crippen LogP) is 2.31. The third-order valence-electron chi connectivity index (χ3n) is 4.71. The second kappa shape index (κ2) is 7.41. The fourth-order valence-corrected chi connectivity index (χ4v) is 3.15. The Morgan fingerprint density at radius 2 is 2.04 bits per heavy atom. The molecule has 1 saturated heterocycles. The third kappa shape index (κ3) is 4.75. The lowest BCUT2D eigenvalue weighted by atomic mass is 9.90. The van der Waals surface area contributed by atoms with Crippen LogP contribution in [0.2, 0.25) is 0 Å². The molecule has 0 saturated carbocycles. The largest absolute Gasteiger partial charge is 0.348 e. The van der Waals surface area contributed by atoms with Crippen LogP contribution < -0.4 is 11.1 Å². The van der Waals surface area contributed by atoms with Crippen molar-refractivity contribution in [2.45, 2.75) is 33.2 Å². The number of hydrogen-bond donors (Lipinski definition) is 2. The van der Waals surface area contributed by atoms with Crippen molar-refractivity contribution in [3.05, 3.63) is 35.6 Å². The van der Waals surface area contributed by atoms with Gasteiger partial charge in [-0.25, -0.2) is 4.39 Å². The maximum Gasteiger partial charge on any atom is 0.234 e. The summed E-state index contributed by atoms with van der Waals surface area (Å²) in [4.78, 5) is 14.6. The van der Waals surface area contributed by atoms with Crippen LogP contribution in [0.5, 0.6) is 0 Å². The Hall–Kier alpha value is -1.46. The standard InChI is InChI=1S/C18H28FN3O/c1-13(2)17(14-4-6-15(19)7-5-14)21-16(23)10-22-9-8-18(3,11-20)12-22/h4-7,13,17H,8-12,20H2,1-3H3,(H,21,23). The second-order valence-electron chi connectivity index (χ2n) is 7.32. The van der Waals surface area contributed by atoms with E-state index in [0.29, 0.717) is 13.1 Å². The van der Waals surface area contributed by atoms with Gasteiger partial charge in [-0.15, -0.1) is 0 Å². The number of carbonyl (C=O) groups excluding carboxylic acids is 1. The molecule has 1 amide bonds. The van der Waals surface area contributed by atoms with Gasteiger partial charge in [0.2, 0.25) is 5.91 Å². The van der Waals surface area contributed by atoms with E-state index in [2.05, 4.69) is 31.0 Å². The van der Waals surface area contributed by atoms with Crippen LogP contribution in [0.25, 0.3) is 0 Å². The molecule has 0 aliphatic carbocycles. The highest BCUT2D eigenvalue weighted by atomic mass is 19.1. The highest BCUT2D eigenvalue weighted by Gasteiger charge is 2.33. The lowest BCUT2D eigenvalue weighted by Gasteiger charge is -2.25. The summed E-state index contributed by atoms with van der Waals surface area (Å²) in [6.07, 6.45) is 1.03. The van der Waals surface area contributed by atoms with Gasteiger partial charge in [-0.05, 0) is 48.5 Å². The molecule has 0 spiro atoms. The average molecular weight is 321 g/mol. The van der Waals surface area contributed by atoms with E-state index in [-0.39, 0.29) is 29.1 Å². The van der Waals surface area contributed by atoms with Gasteiger partial charge in [0.15, 0.2) is 0 Å². The topological polar surface area (TPSA) is 58.4 Å². The molecular weight excluding hydrogens is 293 g/mol. The molecule has 1 fully saturated rings.